The fourth-order valence-corrected chi connectivity index (χ4v) is 0.699. The van der Waals surface area contributed by atoms with E-state index in [1.54, 1.807) is 0 Å². The lowest BCUT2D eigenvalue weighted by Crippen LogP contribution is -1.99. The van der Waals surface area contributed by atoms with E-state index >= 15 is 0 Å². The monoisotopic (exact) mass is 154 g/mol. The predicted octanol–water partition coefficient (Wildman–Crippen LogP) is 1.44. The van der Waals surface area contributed by atoms with Crippen LogP contribution in [0.25, 0.3) is 0 Å². The van der Waals surface area contributed by atoms with Crippen LogP contribution in [0, 0.1) is 0 Å². The van der Waals surface area contributed by atoms with E-state index in [4.69, 9.17) is 10.7 Å². The number of esters is 1. The molecule has 0 unspecified atom stereocenters. The zero-order valence-electron chi connectivity index (χ0n) is 4.52. The third-order valence-corrected chi connectivity index (χ3v) is 1.43. The molecule has 0 saturated heterocycles. The topological polar surface area (TPSA) is 26.3 Å². The molecule has 0 atom stereocenters. The minimum atomic E-state index is -0.210. The van der Waals surface area contributed by atoms with Crippen LogP contribution in [0.2, 0.25) is 0 Å². The Morgan fingerprint density at radius 1 is 1.88 bits per heavy atom. The van der Waals surface area contributed by atoms with Crippen LogP contribution in [0.4, 0.5) is 0 Å². The van der Waals surface area contributed by atoms with Crippen LogP contribution in [0.3, 0.4) is 0 Å². The van der Waals surface area contributed by atoms with E-state index in [1.807, 2.05) is 0 Å². The molecule has 0 fully saturated rings. The zero-order chi connectivity index (χ0) is 6.41. The van der Waals surface area contributed by atoms with Gasteiger partial charge in [0.05, 0.1) is 13.5 Å². The highest BCUT2D eigenvalue weighted by atomic mass is 35.7. The standard InChI is InChI=1S/C4H7ClO2S/c1-7-4(6)2-3-8-5/h2-3H2,1H3. The Bertz CT molecular complexity index is 76.4. The molecular weight excluding hydrogens is 148 g/mol. The average molecular weight is 155 g/mol. The second kappa shape index (κ2) is 5.25. The summed E-state index contributed by atoms with van der Waals surface area (Å²) < 4.78 is 4.34. The minimum absolute atomic E-state index is 0.210. The molecule has 0 aromatic rings. The van der Waals surface area contributed by atoms with E-state index in [0.29, 0.717) is 12.2 Å². The van der Waals surface area contributed by atoms with Gasteiger partial charge in [0.1, 0.15) is 0 Å². The van der Waals surface area contributed by atoms with Gasteiger partial charge >= 0.3 is 5.97 Å². The van der Waals surface area contributed by atoms with Crippen LogP contribution in [-0.4, -0.2) is 18.8 Å². The second-order valence-corrected chi connectivity index (χ2v) is 2.42. The van der Waals surface area contributed by atoms with Gasteiger partial charge in [-0.1, -0.05) is 11.0 Å². The van der Waals surface area contributed by atoms with Gasteiger partial charge in [0.25, 0.3) is 0 Å². The van der Waals surface area contributed by atoms with E-state index in [-0.39, 0.29) is 5.97 Å². The Labute approximate surface area is 57.0 Å². The van der Waals surface area contributed by atoms with Crippen molar-refractivity contribution in [3.8, 4) is 0 Å². The second-order valence-electron chi connectivity index (χ2n) is 1.14. The fourth-order valence-electron chi connectivity index (χ4n) is 0.224. The highest BCUT2D eigenvalue weighted by molar-refractivity contribution is 8.21. The normalized spacial score (nSPS) is 8.75. The largest absolute Gasteiger partial charge is 0.469 e. The summed E-state index contributed by atoms with van der Waals surface area (Å²) in [6, 6.07) is 0. The SMILES string of the molecule is COC(=O)CCSCl. The number of halogens is 1. The maximum atomic E-state index is 10.3. The van der Waals surface area contributed by atoms with Gasteiger partial charge < -0.3 is 4.74 Å². The van der Waals surface area contributed by atoms with Gasteiger partial charge in [-0.25, -0.2) is 0 Å². The summed E-state index contributed by atoms with van der Waals surface area (Å²) in [7, 11) is 7.69. The van der Waals surface area contributed by atoms with Gasteiger partial charge in [0.2, 0.25) is 0 Å². The van der Waals surface area contributed by atoms with Crippen LogP contribution < -0.4 is 0 Å². The summed E-state index contributed by atoms with van der Waals surface area (Å²) in [5, 5.41) is 0. The molecular formula is C4H7ClO2S. The smallest absolute Gasteiger partial charge is 0.306 e. The molecule has 0 bridgehead atoms. The molecule has 0 aromatic heterocycles. The van der Waals surface area contributed by atoms with Gasteiger partial charge in [-0.3, -0.25) is 4.79 Å². The molecule has 0 aliphatic heterocycles. The molecule has 0 aliphatic carbocycles. The first-order chi connectivity index (χ1) is 3.81. The summed E-state index contributed by atoms with van der Waals surface area (Å²) in [5.74, 6) is 0.409. The van der Waals surface area contributed by atoms with Crippen LogP contribution in [0.1, 0.15) is 6.42 Å². The Morgan fingerprint density at radius 2 is 2.50 bits per heavy atom. The van der Waals surface area contributed by atoms with E-state index in [9.17, 15) is 4.79 Å². The van der Waals surface area contributed by atoms with E-state index in [1.165, 1.54) is 7.11 Å². The molecule has 48 valence electrons. The van der Waals surface area contributed by atoms with Crippen molar-refractivity contribution in [2.45, 2.75) is 6.42 Å². The quantitative estimate of drug-likeness (QED) is 0.576. The molecule has 0 rings (SSSR count). The first kappa shape index (κ1) is 8.11. The summed E-state index contributed by atoms with van der Waals surface area (Å²) in [6.07, 6.45) is 0.394. The number of hydrogen-bond acceptors (Lipinski definition) is 3. The molecule has 0 N–H and O–H groups in total. The molecule has 0 aromatic carbocycles. The maximum Gasteiger partial charge on any atom is 0.306 e. The lowest BCUT2D eigenvalue weighted by molar-refractivity contribution is -0.140. The molecule has 0 aliphatic rings. The Balaban J connectivity index is 2.99. The summed E-state index contributed by atoms with van der Waals surface area (Å²) in [4.78, 5) is 10.3. The highest BCUT2D eigenvalue weighted by Crippen LogP contribution is 2.06. The average Bonchev–Trinajstić information content (AvgIpc) is 1.83. The number of hydrogen-bond donors (Lipinski definition) is 0. The van der Waals surface area contributed by atoms with Crippen molar-refractivity contribution in [3.05, 3.63) is 0 Å². The Hall–Kier alpha value is 0.110. The van der Waals surface area contributed by atoms with Crippen molar-refractivity contribution in [1.29, 1.82) is 0 Å². The molecule has 0 amide bonds. The molecule has 4 heteroatoms. The number of methoxy groups -OCH3 is 1. The molecule has 0 radical (unpaired) electrons. The van der Waals surface area contributed by atoms with Crippen LogP contribution in [-0.2, 0) is 9.53 Å². The van der Waals surface area contributed by atoms with Crippen molar-refractivity contribution in [1.82, 2.24) is 0 Å². The van der Waals surface area contributed by atoms with Gasteiger partial charge in [-0.2, -0.15) is 0 Å². The maximum absolute atomic E-state index is 10.3. The van der Waals surface area contributed by atoms with Gasteiger partial charge in [0, 0.05) is 5.75 Å². The Morgan fingerprint density at radius 3 is 2.88 bits per heavy atom. The van der Waals surface area contributed by atoms with Crippen molar-refractivity contribution >= 4 is 27.6 Å². The molecule has 2 nitrogen and oxygen atoms in total. The van der Waals surface area contributed by atoms with Crippen LogP contribution >= 0.6 is 21.7 Å². The van der Waals surface area contributed by atoms with Crippen molar-refractivity contribution in [2.75, 3.05) is 12.9 Å². The molecule has 0 saturated carbocycles. The van der Waals surface area contributed by atoms with E-state index in [0.717, 1.165) is 11.0 Å². The van der Waals surface area contributed by atoms with Gasteiger partial charge in [0.15, 0.2) is 0 Å². The third kappa shape index (κ3) is 4.27. The van der Waals surface area contributed by atoms with Gasteiger partial charge in [-0.15, -0.1) is 0 Å². The lowest BCUT2D eigenvalue weighted by atomic mass is 10.5. The number of carbonyl (C=O) groups is 1. The predicted molar refractivity (Wildman–Crippen MR) is 34.9 cm³/mol. The summed E-state index contributed by atoms with van der Waals surface area (Å²) in [5.41, 5.74) is 0. The van der Waals surface area contributed by atoms with E-state index in [2.05, 4.69) is 4.74 Å². The first-order valence-corrected chi connectivity index (χ1v) is 3.92. The Kier molecular flexibility index (Phi) is 5.32. The molecule has 0 heterocycles. The van der Waals surface area contributed by atoms with E-state index < -0.39 is 0 Å². The first-order valence-electron chi connectivity index (χ1n) is 2.11. The summed E-state index contributed by atoms with van der Waals surface area (Å²) in [6.45, 7) is 0. The highest BCUT2D eigenvalue weighted by Gasteiger charge is 1.96. The third-order valence-electron chi connectivity index (χ3n) is 0.611. The molecule has 0 spiro atoms. The zero-order valence-corrected chi connectivity index (χ0v) is 6.09. The fraction of sp³-hybridized carbons (Fsp3) is 0.750. The number of ether oxygens (including phenoxy) is 1. The van der Waals surface area contributed by atoms with Crippen molar-refractivity contribution < 1.29 is 9.53 Å². The van der Waals surface area contributed by atoms with Crippen LogP contribution in [0.5, 0.6) is 0 Å². The van der Waals surface area contributed by atoms with Crippen molar-refractivity contribution in [3.63, 3.8) is 0 Å². The minimum Gasteiger partial charge on any atom is -0.469 e. The number of carbonyl (C=O) groups excluding carboxylic acids is 1. The number of rotatable bonds is 3. The van der Waals surface area contributed by atoms with Crippen molar-refractivity contribution in [2.24, 2.45) is 0 Å². The summed E-state index contributed by atoms with van der Waals surface area (Å²) >= 11 is 0. The van der Waals surface area contributed by atoms with Crippen LogP contribution in [0.15, 0.2) is 0 Å². The molecule has 8 heavy (non-hydrogen) atoms. The van der Waals surface area contributed by atoms with Gasteiger partial charge in [-0.05, 0) is 10.7 Å². The lowest BCUT2D eigenvalue weighted by Gasteiger charge is -1.92.